The number of amides is 1. The van der Waals surface area contributed by atoms with Gasteiger partial charge >= 0.3 is 0 Å². The van der Waals surface area contributed by atoms with E-state index in [-0.39, 0.29) is 16.7 Å². The van der Waals surface area contributed by atoms with E-state index in [1.54, 1.807) is 11.3 Å². The zero-order chi connectivity index (χ0) is 29.5. The lowest BCUT2D eigenvalue weighted by atomic mass is 9.63. The zero-order valence-corrected chi connectivity index (χ0v) is 26.7. The van der Waals surface area contributed by atoms with Crippen molar-refractivity contribution in [3.8, 4) is 11.3 Å². The topological polar surface area (TPSA) is 50.3 Å². The fraction of sp³-hybridized carbons (Fsp3) is 0.389. The maximum absolute atomic E-state index is 13.6. The van der Waals surface area contributed by atoms with E-state index in [2.05, 4.69) is 51.3 Å². The smallest absolute Gasteiger partial charge is 0.254 e. The lowest BCUT2D eigenvalue weighted by Gasteiger charge is -2.42. The Morgan fingerprint density at radius 3 is 2.31 bits per heavy atom. The molecule has 218 valence electrons. The van der Waals surface area contributed by atoms with E-state index in [1.807, 2.05) is 59.5 Å². The van der Waals surface area contributed by atoms with Gasteiger partial charge in [0.15, 0.2) is 0 Å². The van der Waals surface area contributed by atoms with Crippen LogP contribution in [0.25, 0.3) is 11.3 Å². The molecule has 1 aliphatic carbocycles. The number of fused-ring (bicyclic) bond motifs is 1. The zero-order valence-electron chi connectivity index (χ0n) is 25.1. The summed E-state index contributed by atoms with van der Waals surface area (Å²) in [5.74, 6) is 0.733. The van der Waals surface area contributed by atoms with Gasteiger partial charge in [0.2, 0.25) is 0 Å². The van der Waals surface area contributed by atoms with E-state index in [9.17, 15) is 9.00 Å². The van der Waals surface area contributed by atoms with Crippen LogP contribution >= 0.6 is 11.3 Å². The fourth-order valence-corrected chi connectivity index (χ4v) is 8.67. The van der Waals surface area contributed by atoms with Crippen molar-refractivity contribution in [3.05, 3.63) is 105 Å². The molecule has 1 fully saturated rings. The standard InChI is InChI=1S/C36H40N2O2S2/c1-35(2)18-19-36(3,4)31-22-26(14-15-30(31)35)32-23-41-33(37-32)25-16-20-38(21-17-25)34(39)29-13-9-8-10-27(29)24-42(40)28-11-6-5-7-12-28/h5-15,22-23,25H,16-21,24H2,1-4H3. The molecular formula is C36H40N2O2S2. The van der Waals surface area contributed by atoms with E-state index in [0.29, 0.717) is 30.3 Å². The van der Waals surface area contributed by atoms with Gasteiger partial charge in [-0.15, -0.1) is 11.3 Å². The molecule has 3 aromatic carbocycles. The summed E-state index contributed by atoms with van der Waals surface area (Å²) in [5, 5.41) is 3.38. The van der Waals surface area contributed by atoms with Gasteiger partial charge in [-0.2, -0.15) is 0 Å². The highest BCUT2D eigenvalue weighted by Gasteiger charge is 2.37. The number of thiazole rings is 1. The van der Waals surface area contributed by atoms with Gasteiger partial charge in [-0.3, -0.25) is 9.00 Å². The molecule has 1 saturated heterocycles. The van der Waals surface area contributed by atoms with Gasteiger partial charge in [0.05, 0.1) is 27.3 Å². The van der Waals surface area contributed by atoms with Crippen molar-refractivity contribution in [1.29, 1.82) is 0 Å². The van der Waals surface area contributed by atoms with Crippen molar-refractivity contribution in [2.75, 3.05) is 13.1 Å². The Bertz CT molecular complexity index is 1610. The SMILES string of the molecule is CC1(C)CCC(C)(C)c2cc(-c3csc(C4CCN(C(=O)c5ccccc5CS(=O)c5ccccc5)CC4)n3)ccc21. The highest BCUT2D eigenvalue weighted by Crippen LogP contribution is 2.47. The fourth-order valence-electron chi connectivity index (χ4n) is 6.51. The quantitative estimate of drug-likeness (QED) is 0.224. The van der Waals surface area contributed by atoms with Crippen molar-refractivity contribution >= 4 is 28.0 Å². The predicted molar refractivity (Wildman–Crippen MR) is 174 cm³/mol. The molecular weight excluding hydrogens is 557 g/mol. The summed E-state index contributed by atoms with van der Waals surface area (Å²) < 4.78 is 13.0. The normalized spacial score (nSPS) is 18.8. The average molecular weight is 597 g/mol. The van der Waals surface area contributed by atoms with Gasteiger partial charge in [0, 0.05) is 40.4 Å². The van der Waals surface area contributed by atoms with E-state index in [1.165, 1.54) is 34.5 Å². The summed E-state index contributed by atoms with van der Waals surface area (Å²) in [6.45, 7) is 10.9. The molecule has 6 rings (SSSR count). The second kappa shape index (κ2) is 11.5. The first-order chi connectivity index (χ1) is 20.1. The molecule has 1 aliphatic heterocycles. The van der Waals surface area contributed by atoms with Gasteiger partial charge in [-0.25, -0.2) is 4.98 Å². The van der Waals surface area contributed by atoms with Gasteiger partial charge < -0.3 is 4.90 Å². The van der Waals surface area contributed by atoms with Gasteiger partial charge in [-0.1, -0.05) is 76.2 Å². The van der Waals surface area contributed by atoms with Crippen LogP contribution in [0.3, 0.4) is 0 Å². The third kappa shape index (κ3) is 5.76. The first-order valence-electron chi connectivity index (χ1n) is 15.0. The molecule has 2 heterocycles. The van der Waals surface area contributed by atoms with Crippen LogP contribution in [0.5, 0.6) is 0 Å². The Labute approximate surface area is 256 Å². The van der Waals surface area contributed by atoms with E-state index in [0.717, 1.165) is 29.0 Å². The van der Waals surface area contributed by atoms with Crippen LogP contribution in [0.2, 0.25) is 0 Å². The molecule has 0 spiro atoms. The van der Waals surface area contributed by atoms with Crippen LogP contribution in [0.1, 0.15) is 91.4 Å². The van der Waals surface area contributed by atoms with Crippen LogP contribution in [0.4, 0.5) is 0 Å². The molecule has 0 bridgehead atoms. The molecule has 2 aliphatic rings. The number of hydrogen-bond donors (Lipinski definition) is 0. The molecule has 0 N–H and O–H groups in total. The van der Waals surface area contributed by atoms with Crippen LogP contribution in [-0.2, 0) is 27.4 Å². The maximum atomic E-state index is 13.6. The van der Waals surface area contributed by atoms with Gasteiger partial charge in [-0.05, 0) is 77.5 Å². The summed E-state index contributed by atoms with van der Waals surface area (Å²) in [4.78, 5) is 21.5. The van der Waals surface area contributed by atoms with Gasteiger partial charge in [0.1, 0.15) is 0 Å². The second-order valence-electron chi connectivity index (χ2n) is 13.1. The minimum Gasteiger partial charge on any atom is -0.339 e. The summed E-state index contributed by atoms with van der Waals surface area (Å²) >= 11 is 1.75. The summed E-state index contributed by atoms with van der Waals surface area (Å²) in [7, 11) is -1.20. The lowest BCUT2D eigenvalue weighted by molar-refractivity contribution is 0.0712. The number of nitrogens with zero attached hydrogens (tertiary/aromatic N) is 2. The minimum atomic E-state index is -1.20. The molecule has 1 amide bonds. The third-order valence-corrected chi connectivity index (χ3v) is 11.7. The number of carbonyl (C=O) groups excluding carboxylic acids is 1. The highest BCUT2D eigenvalue weighted by atomic mass is 32.2. The Morgan fingerprint density at radius 2 is 1.57 bits per heavy atom. The Kier molecular flexibility index (Phi) is 7.97. The van der Waals surface area contributed by atoms with Gasteiger partial charge in [0.25, 0.3) is 5.91 Å². The van der Waals surface area contributed by atoms with Crippen LogP contribution in [0.15, 0.2) is 83.1 Å². The third-order valence-electron chi connectivity index (χ3n) is 9.34. The van der Waals surface area contributed by atoms with Crippen molar-refractivity contribution in [1.82, 2.24) is 9.88 Å². The monoisotopic (exact) mass is 596 g/mol. The molecule has 42 heavy (non-hydrogen) atoms. The van der Waals surface area contributed by atoms with E-state index < -0.39 is 10.8 Å². The molecule has 0 saturated carbocycles. The van der Waals surface area contributed by atoms with E-state index in [4.69, 9.17) is 4.98 Å². The van der Waals surface area contributed by atoms with Crippen LogP contribution in [-0.4, -0.2) is 33.1 Å². The first-order valence-corrected chi connectivity index (χ1v) is 17.2. The summed E-state index contributed by atoms with van der Waals surface area (Å²) in [6.07, 6.45) is 4.23. The Morgan fingerprint density at radius 1 is 0.905 bits per heavy atom. The van der Waals surface area contributed by atoms with Crippen molar-refractivity contribution in [2.45, 2.75) is 80.8 Å². The van der Waals surface area contributed by atoms with Crippen LogP contribution < -0.4 is 0 Å². The number of likely N-dealkylation sites (tertiary alicyclic amines) is 1. The lowest BCUT2D eigenvalue weighted by Crippen LogP contribution is -2.38. The largest absolute Gasteiger partial charge is 0.339 e. The highest BCUT2D eigenvalue weighted by molar-refractivity contribution is 7.84. The Balaban J connectivity index is 1.13. The number of rotatable bonds is 6. The first kappa shape index (κ1) is 29.0. The minimum absolute atomic E-state index is 0.0357. The summed E-state index contributed by atoms with van der Waals surface area (Å²) in [5.41, 5.74) is 7.10. The molecule has 6 heteroatoms. The number of benzene rings is 3. The van der Waals surface area contributed by atoms with Crippen molar-refractivity contribution < 1.29 is 9.00 Å². The second-order valence-corrected chi connectivity index (χ2v) is 15.5. The van der Waals surface area contributed by atoms with Crippen LogP contribution in [0, 0.1) is 0 Å². The molecule has 1 atom stereocenters. The van der Waals surface area contributed by atoms with E-state index >= 15 is 0 Å². The number of carbonyl (C=O) groups is 1. The molecule has 4 aromatic rings. The average Bonchev–Trinajstić information content (AvgIpc) is 3.50. The van der Waals surface area contributed by atoms with Crippen molar-refractivity contribution in [2.24, 2.45) is 0 Å². The number of piperidine rings is 1. The summed E-state index contributed by atoms with van der Waals surface area (Å²) in [6, 6.07) is 24.1. The molecule has 4 nitrogen and oxygen atoms in total. The number of aromatic nitrogens is 1. The predicted octanol–water partition coefficient (Wildman–Crippen LogP) is 8.49. The van der Waals surface area contributed by atoms with Crippen molar-refractivity contribution in [3.63, 3.8) is 0 Å². The maximum Gasteiger partial charge on any atom is 0.254 e. The number of hydrogen-bond acceptors (Lipinski definition) is 4. The molecule has 0 radical (unpaired) electrons. The Hall–Kier alpha value is -3.09. The molecule has 1 unspecified atom stereocenters. The molecule has 1 aromatic heterocycles.